The van der Waals surface area contributed by atoms with Crippen LogP contribution >= 0.6 is 11.3 Å². The number of hydrogen-bond acceptors (Lipinski definition) is 7. The summed E-state index contributed by atoms with van der Waals surface area (Å²) in [5, 5.41) is 15.4. The van der Waals surface area contributed by atoms with Crippen molar-refractivity contribution in [2.24, 2.45) is 0 Å². The Morgan fingerprint density at radius 2 is 2.08 bits per heavy atom. The molecule has 10 heteroatoms. The topological polar surface area (TPSA) is 111 Å². The number of amides is 2. The first-order chi connectivity index (χ1) is 12.6. The highest BCUT2D eigenvalue weighted by molar-refractivity contribution is 7.13. The molecule has 0 aliphatic carbocycles. The number of para-hydroxylation sites is 2. The molecule has 3 aromatic rings. The number of rotatable bonds is 6. The van der Waals surface area contributed by atoms with Gasteiger partial charge in [0.15, 0.2) is 10.8 Å². The molecule has 0 unspecified atom stereocenters. The largest absolute Gasteiger partial charge is 0.495 e. The zero-order chi connectivity index (χ0) is 18.5. The molecule has 0 saturated heterocycles. The van der Waals surface area contributed by atoms with Gasteiger partial charge in [0.1, 0.15) is 12.3 Å². The predicted octanol–water partition coefficient (Wildman–Crippen LogP) is 1.94. The van der Waals surface area contributed by atoms with E-state index < -0.39 is 5.91 Å². The van der Waals surface area contributed by atoms with Gasteiger partial charge in [0, 0.05) is 11.6 Å². The smallest absolute Gasteiger partial charge is 0.278 e. The fraction of sp³-hybridized carbons (Fsp3) is 0.188. The maximum atomic E-state index is 12.5. The van der Waals surface area contributed by atoms with Gasteiger partial charge in [-0.3, -0.25) is 9.59 Å². The Labute approximate surface area is 153 Å². The van der Waals surface area contributed by atoms with Crippen molar-refractivity contribution < 1.29 is 14.3 Å². The van der Waals surface area contributed by atoms with E-state index in [-0.39, 0.29) is 18.1 Å². The fourth-order valence-electron chi connectivity index (χ4n) is 2.23. The Morgan fingerprint density at radius 3 is 2.81 bits per heavy atom. The Morgan fingerprint density at radius 1 is 1.27 bits per heavy atom. The minimum atomic E-state index is -0.432. The predicted molar refractivity (Wildman–Crippen MR) is 96.4 cm³/mol. The van der Waals surface area contributed by atoms with Crippen LogP contribution in [0.1, 0.15) is 16.2 Å². The van der Waals surface area contributed by atoms with Gasteiger partial charge in [-0.2, -0.15) is 0 Å². The van der Waals surface area contributed by atoms with Crippen LogP contribution in [-0.2, 0) is 11.3 Å². The van der Waals surface area contributed by atoms with Crippen molar-refractivity contribution in [1.82, 2.24) is 20.0 Å². The Hall–Kier alpha value is -3.27. The van der Waals surface area contributed by atoms with Crippen LogP contribution < -0.4 is 15.4 Å². The Balaban J connectivity index is 1.69. The molecule has 0 fully saturated rings. The molecule has 0 aliphatic rings. The minimum Gasteiger partial charge on any atom is -0.495 e. The zero-order valence-electron chi connectivity index (χ0n) is 14.1. The van der Waals surface area contributed by atoms with Gasteiger partial charge < -0.3 is 15.4 Å². The lowest BCUT2D eigenvalue weighted by Crippen LogP contribution is -2.21. The van der Waals surface area contributed by atoms with Crippen molar-refractivity contribution in [3.63, 3.8) is 0 Å². The number of benzene rings is 1. The van der Waals surface area contributed by atoms with Crippen LogP contribution in [0.15, 0.2) is 35.8 Å². The first-order valence-electron chi connectivity index (χ1n) is 7.62. The summed E-state index contributed by atoms with van der Waals surface area (Å²) in [6.45, 7) is 1.61. The molecule has 0 spiro atoms. The van der Waals surface area contributed by atoms with Gasteiger partial charge in [-0.1, -0.05) is 17.3 Å². The van der Waals surface area contributed by atoms with Crippen molar-refractivity contribution in [1.29, 1.82) is 0 Å². The van der Waals surface area contributed by atoms with Gasteiger partial charge in [0.2, 0.25) is 5.91 Å². The highest BCUT2D eigenvalue weighted by atomic mass is 32.1. The highest BCUT2D eigenvalue weighted by Crippen LogP contribution is 2.23. The second-order valence-electron chi connectivity index (χ2n) is 5.22. The first-order valence-corrected chi connectivity index (χ1v) is 8.50. The number of aromatic nitrogens is 4. The standard InChI is InChI=1S/C16H16N6O3S/c1-10-14(15(24)18-11-5-3-4-6-12(11)25-2)20-21-22(10)9-13(23)19-16-17-7-8-26-16/h3-8H,9H2,1-2H3,(H,18,24)(H,17,19,23). The third-order valence-corrected chi connectivity index (χ3v) is 4.21. The van der Waals surface area contributed by atoms with Gasteiger partial charge >= 0.3 is 0 Å². The summed E-state index contributed by atoms with van der Waals surface area (Å²) in [6, 6.07) is 7.04. The fourth-order valence-corrected chi connectivity index (χ4v) is 2.77. The number of anilines is 2. The van der Waals surface area contributed by atoms with Crippen LogP contribution in [0.4, 0.5) is 10.8 Å². The van der Waals surface area contributed by atoms with E-state index in [1.807, 2.05) is 0 Å². The molecule has 0 atom stereocenters. The Kier molecular flexibility index (Phi) is 5.23. The van der Waals surface area contributed by atoms with E-state index in [0.717, 1.165) is 0 Å². The second-order valence-corrected chi connectivity index (χ2v) is 6.12. The highest BCUT2D eigenvalue weighted by Gasteiger charge is 2.19. The van der Waals surface area contributed by atoms with E-state index in [1.165, 1.54) is 23.1 Å². The molecule has 9 nitrogen and oxygen atoms in total. The quantitative estimate of drug-likeness (QED) is 0.684. The van der Waals surface area contributed by atoms with E-state index in [9.17, 15) is 9.59 Å². The van der Waals surface area contributed by atoms with E-state index >= 15 is 0 Å². The van der Waals surface area contributed by atoms with Gasteiger partial charge in [-0.25, -0.2) is 9.67 Å². The number of thiazole rings is 1. The van der Waals surface area contributed by atoms with Gasteiger partial charge in [0.05, 0.1) is 18.5 Å². The van der Waals surface area contributed by atoms with Crippen molar-refractivity contribution >= 4 is 34.0 Å². The summed E-state index contributed by atoms with van der Waals surface area (Å²) in [6.07, 6.45) is 1.60. The van der Waals surface area contributed by atoms with Crippen LogP contribution in [-0.4, -0.2) is 38.9 Å². The summed E-state index contributed by atoms with van der Waals surface area (Å²) < 4.78 is 6.57. The molecule has 0 aliphatic heterocycles. The van der Waals surface area contributed by atoms with Crippen molar-refractivity contribution in [3.8, 4) is 5.75 Å². The molecule has 0 saturated carbocycles. The van der Waals surface area contributed by atoms with Crippen LogP contribution in [0, 0.1) is 6.92 Å². The van der Waals surface area contributed by atoms with Crippen LogP contribution in [0.2, 0.25) is 0 Å². The number of carbonyl (C=O) groups is 2. The molecular formula is C16H16N6O3S. The number of nitrogens with zero attached hydrogens (tertiary/aromatic N) is 4. The lowest BCUT2D eigenvalue weighted by Gasteiger charge is -2.09. The summed E-state index contributed by atoms with van der Waals surface area (Å²) in [5.74, 6) is -0.197. The summed E-state index contributed by atoms with van der Waals surface area (Å²) in [7, 11) is 1.52. The molecule has 134 valence electrons. The third-order valence-electron chi connectivity index (χ3n) is 3.52. The lowest BCUT2D eigenvalue weighted by atomic mass is 10.2. The summed E-state index contributed by atoms with van der Waals surface area (Å²) in [5.41, 5.74) is 1.14. The van der Waals surface area contributed by atoms with Crippen LogP contribution in [0.5, 0.6) is 5.75 Å². The second kappa shape index (κ2) is 7.74. The minimum absolute atomic E-state index is 0.0691. The van der Waals surface area contributed by atoms with E-state index in [0.29, 0.717) is 22.3 Å². The van der Waals surface area contributed by atoms with Gasteiger partial charge in [0.25, 0.3) is 5.91 Å². The summed E-state index contributed by atoms with van der Waals surface area (Å²) >= 11 is 1.32. The molecule has 2 aromatic heterocycles. The molecule has 3 rings (SSSR count). The molecule has 26 heavy (non-hydrogen) atoms. The van der Waals surface area contributed by atoms with E-state index in [1.54, 1.807) is 42.8 Å². The number of hydrogen-bond donors (Lipinski definition) is 2. The molecule has 2 N–H and O–H groups in total. The average molecular weight is 372 g/mol. The average Bonchev–Trinajstić information content (AvgIpc) is 3.26. The monoisotopic (exact) mass is 372 g/mol. The molecule has 2 heterocycles. The number of nitrogens with one attached hydrogen (secondary N) is 2. The van der Waals surface area contributed by atoms with E-state index in [4.69, 9.17) is 4.74 Å². The van der Waals surface area contributed by atoms with Crippen LogP contribution in [0.3, 0.4) is 0 Å². The molecule has 0 bridgehead atoms. The van der Waals surface area contributed by atoms with Crippen molar-refractivity contribution in [3.05, 3.63) is 47.2 Å². The normalized spacial score (nSPS) is 10.4. The Bertz CT molecular complexity index is 922. The SMILES string of the molecule is COc1ccccc1NC(=O)c1nnn(CC(=O)Nc2nccs2)c1C. The number of carbonyl (C=O) groups excluding carboxylic acids is 2. The first kappa shape index (κ1) is 17.5. The summed E-state index contributed by atoms with van der Waals surface area (Å²) in [4.78, 5) is 28.5. The van der Waals surface area contributed by atoms with Crippen molar-refractivity contribution in [2.75, 3.05) is 17.7 Å². The van der Waals surface area contributed by atoms with Crippen LogP contribution in [0.25, 0.3) is 0 Å². The molecule has 2 amide bonds. The molecule has 1 aromatic carbocycles. The van der Waals surface area contributed by atoms with Gasteiger partial charge in [-0.05, 0) is 19.1 Å². The molecular weight excluding hydrogens is 356 g/mol. The third kappa shape index (κ3) is 3.86. The van der Waals surface area contributed by atoms with E-state index in [2.05, 4.69) is 25.9 Å². The number of methoxy groups -OCH3 is 1. The maximum absolute atomic E-state index is 12.5. The van der Waals surface area contributed by atoms with Crippen molar-refractivity contribution in [2.45, 2.75) is 13.5 Å². The maximum Gasteiger partial charge on any atom is 0.278 e. The zero-order valence-corrected chi connectivity index (χ0v) is 14.9. The number of ether oxygens (including phenoxy) is 1. The molecule has 0 radical (unpaired) electrons. The van der Waals surface area contributed by atoms with Gasteiger partial charge in [-0.15, -0.1) is 16.4 Å². The lowest BCUT2D eigenvalue weighted by molar-refractivity contribution is -0.117.